The molecule has 0 radical (unpaired) electrons. The fourth-order valence-electron chi connectivity index (χ4n) is 0.982. The smallest absolute Gasteiger partial charge is 0.140 e. The van der Waals surface area contributed by atoms with E-state index in [1.54, 1.807) is 18.7 Å². The van der Waals surface area contributed by atoms with Crippen LogP contribution < -0.4 is 15.8 Å². The predicted octanol–water partition coefficient (Wildman–Crippen LogP) is 0.710. The Balaban J connectivity index is 0.000000396. The van der Waals surface area contributed by atoms with Gasteiger partial charge in [-0.3, -0.25) is 0 Å². The first-order chi connectivity index (χ1) is 6.38. The summed E-state index contributed by atoms with van der Waals surface area (Å²) in [5.41, 5.74) is 0. The zero-order valence-corrected chi connectivity index (χ0v) is 7.91. The molecule has 3 heteroatoms. The molecule has 13 heavy (non-hydrogen) atoms. The van der Waals surface area contributed by atoms with Crippen molar-refractivity contribution in [3.05, 3.63) is 22.7 Å². The maximum atomic E-state index is 4.11. The summed E-state index contributed by atoms with van der Waals surface area (Å²) in [6.07, 6.45) is 5.08. The van der Waals surface area contributed by atoms with Crippen LogP contribution in [0.1, 0.15) is 13.8 Å². The number of anilines is 1. The molecule has 0 amide bonds. The van der Waals surface area contributed by atoms with Crippen LogP contribution in [0.5, 0.6) is 0 Å². The first-order valence-corrected chi connectivity index (χ1v) is 4.30. The molecule has 0 atom stereocenters. The number of nitrogens with zero attached hydrogens (tertiary/aromatic N) is 2. The zero-order valence-electron chi connectivity index (χ0n) is 7.91. The number of hydrogen-bond donors (Lipinski definition) is 1. The van der Waals surface area contributed by atoms with Crippen molar-refractivity contribution in [1.82, 2.24) is 4.98 Å². The first-order valence-electron chi connectivity index (χ1n) is 4.30. The van der Waals surface area contributed by atoms with E-state index in [4.69, 9.17) is 0 Å². The van der Waals surface area contributed by atoms with Crippen molar-refractivity contribution in [2.45, 2.75) is 13.8 Å². The van der Waals surface area contributed by atoms with Gasteiger partial charge in [-0.2, -0.15) is 0 Å². The molecule has 2 heterocycles. The highest BCUT2D eigenvalue weighted by Crippen LogP contribution is 1.90. The van der Waals surface area contributed by atoms with E-state index >= 15 is 0 Å². The van der Waals surface area contributed by atoms with E-state index in [1.807, 2.05) is 19.9 Å². The largest absolute Gasteiger partial charge is 0.331 e. The summed E-state index contributed by atoms with van der Waals surface area (Å²) in [6, 6.07) is 1.86. The molecule has 0 unspecified atom stereocenters. The van der Waals surface area contributed by atoms with Gasteiger partial charge in [0.25, 0.3) is 0 Å². The van der Waals surface area contributed by atoms with E-state index in [0.29, 0.717) is 0 Å². The highest BCUT2D eigenvalue weighted by atomic mass is 15.0. The molecule has 1 aliphatic heterocycles. The second kappa shape index (κ2) is 4.40. The minimum atomic E-state index is 0.826. The Morgan fingerprint density at radius 2 is 2.15 bits per heavy atom. The van der Waals surface area contributed by atoms with Gasteiger partial charge in [-0.05, 0) is 11.3 Å². The Bertz CT molecular complexity index is 407. The lowest BCUT2D eigenvalue weighted by atomic mass is 10.3. The Morgan fingerprint density at radius 3 is 2.85 bits per heavy atom. The highest BCUT2D eigenvalue weighted by molar-refractivity contribution is 5.78. The number of hydrogen-bond acceptors (Lipinski definition) is 3. The van der Waals surface area contributed by atoms with Crippen LogP contribution >= 0.6 is 0 Å². The number of fused-ring (bicyclic) bond motifs is 1. The van der Waals surface area contributed by atoms with Gasteiger partial charge in [0, 0.05) is 17.6 Å². The Morgan fingerprint density at radius 1 is 1.38 bits per heavy atom. The number of aliphatic imine (C=N–C) groups is 1. The molecule has 1 N–H and O–H groups in total. The Hall–Kier alpha value is -1.64. The average molecular weight is 175 g/mol. The van der Waals surface area contributed by atoms with E-state index in [2.05, 4.69) is 21.9 Å². The van der Waals surface area contributed by atoms with Gasteiger partial charge in [-0.15, -0.1) is 0 Å². The molecule has 0 aromatic carbocycles. The minimum Gasteiger partial charge on any atom is -0.331 e. The molecule has 0 spiro atoms. The molecule has 2 rings (SSSR count). The van der Waals surface area contributed by atoms with E-state index in [0.717, 1.165) is 16.3 Å². The van der Waals surface area contributed by atoms with Crippen molar-refractivity contribution in [2.24, 2.45) is 4.99 Å². The molecule has 0 saturated carbocycles. The van der Waals surface area contributed by atoms with Crippen molar-refractivity contribution in [1.29, 1.82) is 0 Å². The molecular weight excluding hydrogens is 162 g/mol. The number of rotatable bonds is 0. The Kier molecular flexibility index (Phi) is 3.20. The van der Waals surface area contributed by atoms with Crippen LogP contribution in [0.25, 0.3) is 12.8 Å². The van der Waals surface area contributed by atoms with Crippen molar-refractivity contribution in [3.8, 4) is 0 Å². The van der Waals surface area contributed by atoms with Crippen molar-refractivity contribution in [3.63, 3.8) is 0 Å². The average Bonchev–Trinajstić information content (AvgIpc) is 2.22. The summed E-state index contributed by atoms with van der Waals surface area (Å²) in [7, 11) is 0. The lowest BCUT2D eigenvalue weighted by molar-refractivity contribution is 1.26. The summed E-state index contributed by atoms with van der Waals surface area (Å²) in [4.78, 5) is 8.04. The predicted molar refractivity (Wildman–Crippen MR) is 56.9 cm³/mol. The molecule has 0 fully saturated rings. The fourth-order valence-corrected chi connectivity index (χ4v) is 0.982. The van der Waals surface area contributed by atoms with Crippen LogP contribution in [-0.4, -0.2) is 11.3 Å². The molecular formula is C10H13N3. The van der Waals surface area contributed by atoms with Gasteiger partial charge < -0.3 is 5.32 Å². The van der Waals surface area contributed by atoms with Crippen molar-refractivity contribution in [2.75, 3.05) is 5.32 Å². The van der Waals surface area contributed by atoms with E-state index in [9.17, 15) is 0 Å². The lowest BCUT2D eigenvalue weighted by Crippen LogP contribution is -2.29. The quantitative estimate of drug-likeness (QED) is 0.630. The van der Waals surface area contributed by atoms with Gasteiger partial charge in [0.15, 0.2) is 0 Å². The molecule has 0 saturated heterocycles. The number of aromatic nitrogens is 1. The summed E-state index contributed by atoms with van der Waals surface area (Å²) in [6.45, 7) is 7.85. The summed E-state index contributed by atoms with van der Waals surface area (Å²) < 4.78 is 0. The third kappa shape index (κ3) is 1.93. The summed E-state index contributed by atoms with van der Waals surface area (Å²) in [5, 5.41) is 4.84. The molecule has 0 bridgehead atoms. The topological polar surface area (TPSA) is 37.3 Å². The van der Waals surface area contributed by atoms with Gasteiger partial charge in [0.05, 0.1) is 6.34 Å². The molecule has 1 aliphatic rings. The van der Waals surface area contributed by atoms with Gasteiger partial charge in [-0.1, -0.05) is 20.4 Å². The molecule has 0 aliphatic carbocycles. The van der Waals surface area contributed by atoms with Gasteiger partial charge in [-0.25, -0.2) is 9.98 Å². The SMILES string of the molecule is C=c1ccnc2c1=CN=CN2.CC. The molecule has 3 nitrogen and oxygen atoms in total. The summed E-state index contributed by atoms with van der Waals surface area (Å²) in [5.74, 6) is 0.826. The molecule has 68 valence electrons. The third-order valence-electron chi connectivity index (χ3n) is 1.56. The van der Waals surface area contributed by atoms with Crippen LogP contribution in [0.2, 0.25) is 0 Å². The lowest BCUT2D eigenvalue weighted by Gasteiger charge is -2.02. The maximum absolute atomic E-state index is 4.11. The fraction of sp³-hybridized carbons (Fsp3) is 0.200. The van der Waals surface area contributed by atoms with Crippen LogP contribution in [0.3, 0.4) is 0 Å². The maximum Gasteiger partial charge on any atom is 0.140 e. The van der Waals surface area contributed by atoms with Crippen LogP contribution in [0.4, 0.5) is 5.82 Å². The Labute approximate surface area is 77.5 Å². The molecule has 1 aromatic rings. The van der Waals surface area contributed by atoms with Crippen LogP contribution in [0.15, 0.2) is 17.3 Å². The van der Waals surface area contributed by atoms with Gasteiger partial charge >= 0.3 is 0 Å². The summed E-state index contributed by atoms with van der Waals surface area (Å²) >= 11 is 0. The van der Waals surface area contributed by atoms with Gasteiger partial charge in [0.1, 0.15) is 5.82 Å². The molecule has 1 aromatic heterocycles. The van der Waals surface area contributed by atoms with Crippen LogP contribution in [0, 0.1) is 0 Å². The third-order valence-corrected chi connectivity index (χ3v) is 1.56. The number of pyridine rings is 1. The highest BCUT2D eigenvalue weighted by Gasteiger charge is 1.96. The number of nitrogens with one attached hydrogen (secondary N) is 1. The van der Waals surface area contributed by atoms with Crippen molar-refractivity contribution < 1.29 is 0 Å². The van der Waals surface area contributed by atoms with Gasteiger partial charge in [0.2, 0.25) is 0 Å². The van der Waals surface area contributed by atoms with E-state index in [-0.39, 0.29) is 0 Å². The monoisotopic (exact) mass is 175 g/mol. The van der Waals surface area contributed by atoms with E-state index in [1.165, 1.54) is 0 Å². The zero-order chi connectivity index (χ0) is 9.68. The normalized spacial score (nSPS) is 11.5. The van der Waals surface area contributed by atoms with E-state index < -0.39 is 0 Å². The first kappa shape index (κ1) is 9.45. The standard InChI is InChI=1S/C8H7N3.C2H6/c1-6-2-3-10-8-7(6)4-9-5-11-8;1-2/h2-5H,1H2,(H,9,10,11);1-2H3. The second-order valence-electron chi connectivity index (χ2n) is 2.28. The van der Waals surface area contributed by atoms with Crippen molar-refractivity contribution >= 4 is 24.9 Å². The second-order valence-corrected chi connectivity index (χ2v) is 2.28. The minimum absolute atomic E-state index is 0.826. The van der Waals surface area contributed by atoms with Crippen LogP contribution in [-0.2, 0) is 0 Å².